The first-order chi connectivity index (χ1) is 15.3. The van der Waals surface area contributed by atoms with Crippen molar-refractivity contribution in [3.8, 4) is 0 Å². The molecule has 0 spiro atoms. The number of fused-ring (bicyclic) bond motifs is 1. The van der Waals surface area contributed by atoms with E-state index in [9.17, 15) is 17.6 Å². The molecule has 0 bridgehead atoms. The van der Waals surface area contributed by atoms with E-state index >= 15 is 0 Å². The first-order valence-electron chi connectivity index (χ1n) is 10.9. The fourth-order valence-electron chi connectivity index (χ4n) is 4.68. The number of aromatic nitrogens is 3. The van der Waals surface area contributed by atoms with Gasteiger partial charge < -0.3 is 0 Å². The van der Waals surface area contributed by atoms with Crippen molar-refractivity contribution in [3.63, 3.8) is 0 Å². The molecule has 1 aromatic carbocycles. The number of likely N-dealkylation sites (tertiary alicyclic amines) is 1. The van der Waals surface area contributed by atoms with Gasteiger partial charge in [-0.2, -0.15) is 13.2 Å². The zero-order chi connectivity index (χ0) is 22.5. The van der Waals surface area contributed by atoms with Gasteiger partial charge in [-0.3, -0.25) is 9.30 Å². The van der Waals surface area contributed by atoms with Crippen LogP contribution in [0.25, 0.3) is 5.65 Å². The van der Waals surface area contributed by atoms with Crippen molar-refractivity contribution in [1.29, 1.82) is 0 Å². The number of hydrogen-bond donors (Lipinski definition) is 0. The van der Waals surface area contributed by atoms with Crippen LogP contribution in [0.3, 0.4) is 0 Å². The molecule has 3 heterocycles. The van der Waals surface area contributed by atoms with Crippen molar-refractivity contribution in [3.05, 3.63) is 63.8 Å². The lowest BCUT2D eigenvalue weighted by Gasteiger charge is -2.33. The minimum Gasteiger partial charge on any atom is -0.299 e. The molecule has 0 atom stereocenters. The molecule has 0 N–H and O–H groups in total. The average molecular weight is 467 g/mol. The number of pyridine rings is 1. The van der Waals surface area contributed by atoms with E-state index in [4.69, 9.17) is 11.6 Å². The molecule has 2 aliphatic rings. The summed E-state index contributed by atoms with van der Waals surface area (Å²) in [6, 6.07) is 5.97. The Morgan fingerprint density at radius 3 is 2.44 bits per heavy atom. The lowest BCUT2D eigenvalue weighted by atomic mass is 9.89. The molecule has 5 rings (SSSR count). The third-order valence-corrected chi connectivity index (χ3v) is 6.90. The Balaban J connectivity index is 1.35. The van der Waals surface area contributed by atoms with Crippen molar-refractivity contribution in [2.45, 2.75) is 50.7 Å². The quantitative estimate of drug-likeness (QED) is 0.441. The topological polar surface area (TPSA) is 33.4 Å². The van der Waals surface area contributed by atoms with Crippen LogP contribution < -0.4 is 0 Å². The number of piperidine rings is 1. The summed E-state index contributed by atoms with van der Waals surface area (Å²) in [6.07, 6.45) is 1.52. The van der Waals surface area contributed by atoms with E-state index < -0.39 is 11.7 Å². The Morgan fingerprint density at radius 1 is 1.03 bits per heavy atom. The molecule has 2 fully saturated rings. The van der Waals surface area contributed by atoms with Gasteiger partial charge in [0.1, 0.15) is 17.2 Å². The molecule has 2 aromatic heterocycles. The van der Waals surface area contributed by atoms with E-state index in [1.165, 1.54) is 16.5 Å². The fraction of sp³-hybridized carbons (Fsp3) is 0.478. The third-order valence-electron chi connectivity index (χ3n) is 6.57. The molecule has 0 unspecified atom stereocenters. The van der Waals surface area contributed by atoms with Gasteiger partial charge in [-0.15, -0.1) is 10.2 Å². The predicted molar refractivity (Wildman–Crippen MR) is 113 cm³/mol. The number of nitrogens with zero attached hydrogens (tertiary/aromatic N) is 4. The second-order valence-electron chi connectivity index (χ2n) is 8.89. The largest absolute Gasteiger partial charge is 0.420 e. The van der Waals surface area contributed by atoms with Crippen LogP contribution in [0.15, 0.2) is 30.5 Å². The molecule has 4 nitrogen and oxygen atoms in total. The molecular formula is C23H23ClF4N4. The maximum absolute atomic E-state index is 14.0. The second-order valence-corrected chi connectivity index (χ2v) is 9.29. The Kier molecular flexibility index (Phi) is 5.61. The zero-order valence-corrected chi connectivity index (χ0v) is 18.1. The van der Waals surface area contributed by atoms with Crippen molar-refractivity contribution < 1.29 is 17.6 Å². The summed E-state index contributed by atoms with van der Waals surface area (Å²) >= 11 is 6.20. The summed E-state index contributed by atoms with van der Waals surface area (Å²) in [5, 5.41) is 8.38. The van der Waals surface area contributed by atoms with Gasteiger partial charge in [-0.1, -0.05) is 17.7 Å². The van der Waals surface area contributed by atoms with Gasteiger partial charge in [0.2, 0.25) is 0 Å². The van der Waals surface area contributed by atoms with E-state index in [0.717, 1.165) is 31.2 Å². The molecule has 1 aliphatic heterocycles. The molecular weight excluding hydrogens is 444 g/mol. The Bertz CT molecular complexity index is 1130. The van der Waals surface area contributed by atoms with Crippen LogP contribution in [0, 0.1) is 11.7 Å². The van der Waals surface area contributed by atoms with Crippen molar-refractivity contribution in [2.75, 3.05) is 13.1 Å². The minimum absolute atomic E-state index is 0.112. The number of benzene rings is 1. The highest BCUT2D eigenvalue weighted by Crippen LogP contribution is 2.38. The molecule has 1 aliphatic carbocycles. The summed E-state index contributed by atoms with van der Waals surface area (Å²) in [7, 11) is 0. The lowest BCUT2D eigenvalue weighted by molar-refractivity contribution is -0.137. The second kappa shape index (κ2) is 8.30. The van der Waals surface area contributed by atoms with Gasteiger partial charge in [0.05, 0.1) is 0 Å². The summed E-state index contributed by atoms with van der Waals surface area (Å²) in [6.45, 7) is 1.47. The number of alkyl halides is 3. The summed E-state index contributed by atoms with van der Waals surface area (Å²) in [5.74, 6) is 0.897. The predicted octanol–water partition coefficient (Wildman–Crippen LogP) is 5.87. The van der Waals surface area contributed by atoms with Gasteiger partial charge in [-0.05, 0) is 79.9 Å². The molecule has 170 valence electrons. The summed E-state index contributed by atoms with van der Waals surface area (Å²) in [4.78, 5) is 2.02. The van der Waals surface area contributed by atoms with Crippen molar-refractivity contribution >= 4 is 17.2 Å². The van der Waals surface area contributed by atoms with E-state index in [2.05, 4.69) is 10.2 Å². The van der Waals surface area contributed by atoms with Gasteiger partial charge in [0, 0.05) is 24.2 Å². The van der Waals surface area contributed by atoms with Crippen molar-refractivity contribution in [1.82, 2.24) is 19.5 Å². The van der Waals surface area contributed by atoms with E-state index in [1.54, 1.807) is 18.3 Å². The lowest BCUT2D eigenvalue weighted by Crippen LogP contribution is -2.33. The van der Waals surface area contributed by atoms with Crippen LogP contribution in [-0.2, 0) is 19.1 Å². The third kappa shape index (κ3) is 4.35. The van der Waals surface area contributed by atoms with Crippen LogP contribution >= 0.6 is 11.6 Å². The highest BCUT2D eigenvalue weighted by molar-refractivity contribution is 6.31. The standard InChI is InChI=1S/C23H23ClF4N4/c24-19-12-17(25)3-4-18(19)15-5-8-31(9-6-15)13-16-7-10-32-20(11-14-1-2-14)29-30-22(32)21(16)23(26,27)28/h3-4,7,10,12,14-15H,1-2,5-6,8-9,11,13H2. The molecule has 32 heavy (non-hydrogen) atoms. The smallest absolute Gasteiger partial charge is 0.299 e. The Hall–Kier alpha value is -2.19. The highest BCUT2D eigenvalue weighted by atomic mass is 35.5. The average Bonchev–Trinajstić information content (AvgIpc) is 3.46. The molecule has 1 saturated heterocycles. The monoisotopic (exact) mass is 466 g/mol. The first-order valence-corrected chi connectivity index (χ1v) is 11.3. The molecule has 0 radical (unpaired) electrons. The fourth-order valence-corrected chi connectivity index (χ4v) is 5.00. The molecule has 1 saturated carbocycles. The number of rotatable bonds is 5. The number of hydrogen-bond acceptors (Lipinski definition) is 3. The van der Waals surface area contributed by atoms with Crippen LogP contribution in [-0.4, -0.2) is 32.6 Å². The van der Waals surface area contributed by atoms with Crippen LogP contribution in [0.4, 0.5) is 17.6 Å². The molecule has 0 amide bonds. The van der Waals surface area contributed by atoms with Gasteiger partial charge in [-0.25, -0.2) is 4.39 Å². The summed E-state index contributed by atoms with van der Waals surface area (Å²) < 4.78 is 56.9. The van der Waals surface area contributed by atoms with Crippen molar-refractivity contribution in [2.24, 2.45) is 5.92 Å². The van der Waals surface area contributed by atoms with E-state index in [0.29, 0.717) is 36.3 Å². The molecule has 9 heteroatoms. The SMILES string of the molecule is Fc1ccc(C2CCN(Cc3ccn4c(CC5CC5)nnc4c3C(F)(F)F)CC2)c(Cl)c1. The van der Waals surface area contributed by atoms with Crippen LogP contribution in [0.2, 0.25) is 5.02 Å². The van der Waals surface area contributed by atoms with Crippen LogP contribution in [0.1, 0.15) is 54.1 Å². The van der Waals surface area contributed by atoms with E-state index in [1.807, 2.05) is 4.90 Å². The van der Waals surface area contributed by atoms with Gasteiger partial charge >= 0.3 is 6.18 Å². The first kappa shape index (κ1) is 21.6. The maximum Gasteiger partial charge on any atom is 0.420 e. The van der Waals surface area contributed by atoms with Gasteiger partial charge in [0.15, 0.2) is 5.65 Å². The highest BCUT2D eigenvalue weighted by Gasteiger charge is 2.38. The maximum atomic E-state index is 14.0. The van der Waals surface area contributed by atoms with Crippen LogP contribution in [0.5, 0.6) is 0 Å². The normalized spacial score (nSPS) is 18.5. The summed E-state index contributed by atoms with van der Waals surface area (Å²) in [5.41, 5.74) is 0.308. The Labute approximate surface area is 188 Å². The van der Waals surface area contributed by atoms with E-state index in [-0.39, 0.29) is 29.5 Å². The molecule has 3 aromatic rings. The zero-order valence-electron chi connectivity index (χ0n) is 17.4. The minimum atomic E-state index is -4.51. The Morgan fingerprint density at radius 2 is 1.78 bits per heavy atom. The van der Waals surface area contributed by atoms with Gasteiger partial charge in [0.25, 0.3) is 0 Å². The number of halogens is 5.